The van der Waals surface area contributed by atoms with E-state index in [0.717, 1.165) is 11.8 Å². The molecule has 0 radical (unpaired) electrons. The number of aryl methyl sites for hydroxylation is 1. The Kier molecular flexibility index (Phi) is 5.50. The molecule has 104 valence electrons. The molecule has 1 aromatic rings. The van der Waals surface area contributed by atoms with E-state index in [9.17, 15) is 13.2 Å². The number of nitrogens with one attached hydrogen (secondary N) is 1. The van der Waals surface area contributed by atoms with Crippen LogP contribution in [-0.2, 0) is 19.6 Å². The van der Waals surface area contributed by atoms with Crippen molar-refractivity contribution in [3.05, 3.63) is 29.8 Å². The summed E-state index contributed by atoms with van der Waals surface area (Å²) < 4.78 is 28.2. The summed E-state index contributed by atoms with van der Waals surface area (Å²) in [7, 11) is -3.69. The van der Waals surface area contributed by atoms with E-state index >= 15 is 0 Å². The van der Waals surface area contributed by atoms with Gasteiger partial charge >= 0.3 is 5.97 Å². The summed E-state index contributed by atoms with van der Waals surface area (Å²) in [6.07, 6.45) is 1.08. The zero-order valence-electron chi connectivity index (χ0n) is 10.8. The number of nitrogens with zero attached hydrogens (tertiary/aromatic N) is 1. The molecule has 0 bridgehead atoms. The van der Waals surface area contributed by atoms with Crippen LogP contribution in [0.25, 0.3) is 0 Å². The second kappa shape index (κ2) is 6.89. The minimum absolute atomic E-state index is 0.0791. The lowest BCUT2D eigenvalue weighted by atomic mass is 10.2. The highest BCUT2D eigenvalue weighted by atomic mass is 32.2. The molecule has 0 aliphatic carbocycles. The van der Waals surface area contributed by atoms with Crippen LogP contribution in [0, 0.1) is 6.92 Å². The van der Waals surface area contributed by atoms with Crippen molar-refractivity contribution in [2.75, 3.05) is 6.61 Å². The number of hydrazone groups is 1. The second-order valence-corrected chi connectivity index (χ2v) is 5.39. The highest BCUT2D eigenvalue weighted by molar-refractivity contribution is 7.89. The van der Waals surface area contributed by atoms with Gasteiger partial charge in [-0.3, -0.25) is 4.79 Å². The van der Waals surface area contributed by atoms with E-state index in [-0.39, 0.29) is 17.9 Å². The van der Waals surface area contributed by atoms with E-state index in [0.29, 0.717) is 0 Å². The van der Waals surface area contributed by atoms with E-state index in [2.05, 4.69) is 9.84 Å². The predicted molar refractivity (Wildman–Crippen MR) is 71.2 cm³/mol. The third kappa shape index (κ3) is 5.09. The van der Waals surface area contributed by atoms with Crippen molar-refractivity contribution in [2.24, 2.45) is 5.10 Å². The summed E-state index contributed by atoms with van der Waals surface area (Å²) in [5.74, 6) is -0.458. The minimum Gasteiger partial charge on any atom is -0.466 e. The first-order valence-electron chi connectivity index (χ1n) is 5.71. The second-order valence-electron chi connectivity index (χ2n) is 3.73. The van der Waals surface area contributed by atoms with Crippen molar-refractivity contribution in [1.82, 2.24) is 4.83 Å². The van der Waals surface area contributed by atoms with Gasteiger partial charge in [0.1, 0.15) is 0 Å². The maximum atomic E-state index is 11.8. The van der Waals surface area contributed by atoms with Crippen LogP contribution in [0.2, 0.25) is 0 Å². The number of benzene rings is 1. The molecular formula is C12H16N2O4S. The van der Waals surface area contributed by atoms with Gasteiger partial charge in [-0.1, -0.05) is 17.7 Å². The number of hydrogen-bond donors (Lipinski definition) is 1. The van der Waals surface area contributed by atoms with E-state index < -0.39 is 16.0 Å². The van der Waals surface area contributed by atoms with Gasteiger partial charge in [0, 0.05) is 6.21 Å². The van der Waals surface area contributed by atoms with Gasteiger partial charge in [-0.2, -0.15) is 13.5 Å². The van der Waals surface area contributed by atoms with Gasteiger partial charge in [-0.15, -0.1) is 0 Å². The predicted octanol–water partition coefficient (Wildman–Crippen LogP) is 1.21. The lowest BCUT2D eigenvalue weighted by Crippen LogP contribution is -2.18. The largest absolute Gasteiger partial charge is 0.466 e. The molecule has 19 heavy (non-hydrogen) atoms. The fourth-order valence-corrected chi connectivity index (χ4v) is 2.03. The van der Waals surface area contributed by atoms with Gasteiger partial charge in [0.15, 0.2) is 0 Å². The number of carbonyl (C=O) groups is 1. The van der Waals surface area contributed by atoms with Crippen LogP contribution < -0.4 is 4.83 Å². The fraction of sp³-hybridized carbons (Fsp3) is 0.333. The number of hydrogen-bond acceptors (Lipinski definition) is 5. The summed E-state index contributed by atoms with van der Waals surface area (Å²) in [5.41, 5.74) is 0.963. The van der Waals surface area contributed by atoms with Crippen LogP contribution in [-0.4, -0.2) is 27.2 Å². The van der Waals surface area contributed by atoms with E-state index in [4.69, 9.17) is 0 Å². The van der Waals surface area contributed by atoms with Gasteiger partial charge in [0.25, 0.3) is 10.0 Å². The lowest BCUT2D eigenvalue weighted by Gasteiger charge is -2.03. The quantitative estimate of drug-likeness (QED) is 0.483. The SMILES string of the molecule is CCOC(=O)CC=NNS(=O)(=O)c1ccc(C)cc1. The van der Waals surface area contributed by atoms with Gasteiger partial charge in [0.05, 0.1) is 17.9 Å². The van der Waals surface area contributed by atoms with Crippen LogP contribution >= 0.6 is 0 Å². The van der Waals surface area contributed by atoms with Gasteiger partial charge < -0.3 is 4.74 Å². The molecule has 0 aliphatic heterocycles. The fourth-order valence-electron chi connectivity index (χ4n) is 1.22. The molecule has 7 heteroatoms. The average molecular weight is 284 g/mol. The average Bonchev–Trinajstić information content (AvgIpc) is 2.36. The molecule has 1 aromatic carbocycles. The van der Waals surface area contributed by atoms with Gasteiger partial charge in [-0.05, 0) is 26.0 Å². The summed E-state index contributed by atoms with van der Waals surface area (Å²) >= 11 is 0. The molecule has 1 N–H and O–H groups in total. The number of rotatable bonds is 6. The first-order valence-corrected chi connectivity index (χ1v) is 7.19. The highest BCUT2D eigenvalue weighted by Crippen LogP contribution is 2.09. The molecule has 1 rings (SSSR count). The Balaban J connectivity index is 2.58. The summed E-state index contributed by atoms with van der Waals surface area (Å²) in [6.45, 7) is 3.83. The number of sulfonamides is 1. The summed E-state index contributed by atoms with van der Waals surface area (Å²) in [5, 5.41) is 3.50. The van der Waals surface area contributed by atoms with Crippen molar-refractivity contribution in [3.63, 3.8) is 0 Å². The first kappa shape index (κ1) is 15.2. The topological polar surface area (TPSA) is 84.8 Å². The van der Waals surface area contributed by atoms with Crippen LogP contribution in [0.3, 0.4) is 0 Å². The van der Waals surface area contributed by atoms with E-state index in [1.54, 1.807) is 19.1 Å². The molecule has 0 amide bonds. The molecule has 0 heterocycles. The molecule has 0 saturated heterocycles. The Bertz CT molecular complexity index is 550. The lowest BCUT2D eigenvalue weighted by molar-refractivity contribution is -0.141. The molecule has 0 fully saturated rings. The van der Waals surface area contributed by atoms with E-state index in [1.807, 2.05) is 11.8 Å². The Morgan fingerprint density at radius 2 is 2.00 bits per heavy atom. The molecular weight excluding hydrogens is 268 g/mol. The smallest absolute Gasteiger partial charge is 0.311 e. The molecule has 0 spiro atoms. The number of ether oxygens (including phenoxy) is 1. The first-order chi connectivity index (χ1) is 8.95. The van der Waals surface area contributed by atoms with Gasteiger partial charge in [0.2, 0.25) is 0 Å². The maximum Gasteiger partial charge on any atom is 0.311 e. The van der Waals surface area contributed by atoms with Crippen molar-refractivity contribution in [2.45, 2.75) is 25.2 Å². The highest BCUT2D eigenvalue weighted by Gasteiger charge is 2.11. The molecule has 0 saturated carbocycles. The molecule has 0 aromatic heterocycles. The Morgan fingerprint density at radius 3 is 2.58 bits per heavy atom. The van der Waals surface area contributed by atoms with Crippen LogP contribution in [0.15, 0.2) is 34.3 Å². The standard InChI is InChI=1S/C12H16N2O4S/c1-3-18-12(15)8-9-13-14-19(16,17)11-6-4-10(2)5-7-11/h4-7,9,14H,3,8H2,1-2H3. The zero-order valence-corrected chi connectivity index (χ0v) is 11.6. The Morgan fingerprint density at radius 1 is 1.37 bits per heavy atom. The zero-order chi connectivity index (χ0) is 14.3. The molecule has 6 nitrogen and oxygen atoms in total. The number of carbonyl (C=O) groups excluding carboxylic acids is 1. The van der Waals surface area contributed by atoms with Gasteiger partial charge in [-0.25, -0.2) is 4.83 Å². The van der Waals surface area contributed by atoms with Crippen LogP contribution in [0.1, 0.15) is 18.9 Å². The summed E-state index contributed by atoms with van der Waals surface area (Å²) in [6, 6.07) is 6.35. The van der Waals surface area contributed by atoms with Crippen molar-refractivity contribution < 1.29 is 17.9 Å². The van der Waals surface area contributed by atoms with Crippen molar-refractivity contribution >= 4 is 22.2 Å². The maximum absolute atomic E-state index is 11.8. The molecule has 0 unspecified atom stereocenters. The molecule has 0 atom stereocenters. The van der Waals surface area contributed by atoms with Crippen LogP contribution in [0.4, 0.5) is 0 Å². The minimum atomic E-state index is -3.69. The van der Waals surface area contributed by atoms with Crippen LogP contribution in [0.5, 0.6) is 0 Å². The third-order valence-electron chi connectivity index (χ3n) is 2.16. The van der Waals surface area contributed by atoms with Crippen molar-refractivity contribution in [1.29, 1.82) is 0 Å². The monoisotopic (exact) mass is 284 g/mol. The summed E-state index contributed by atoms with van der Waals surface area (Å²) in [4.78, 5) is 13.1. The van der Waals surface area contributed by atoms with Crippen molar-refractivity contribution in [3.8, 4) is 0 Å². The molecule has 0 aliphatic rings. The Hall–Kier alpha value is -1.89. The number of esters is 1. The third-order valence-corrected chi connectivity index (χ3v) is 3.40. The normalized spacial score (nSPS) is 11.5. The van der Waals surface area contributed by atoms with E-state index in [1.165, 1.54) is 12.1 Å². The Labute approximate surface area is 112 Å².